The molecule has 0 aliphatic heterocycles. The van der Waals surface area contributed by atoms with Gasteiger partial charge in [0.15, 0.2) is 5.78 Å². The van der Waals surface area contributed by atoms with Crippen molar-refractivity contribution in [2.45, 2.75) is 6.42 Å². The summed E-state index contributed by atoms with van der Waals surface area (Å²) in [5.41, 5.74) is 1.54. The van der Waals surface area contributed by atoms with Crippen LogP contribution in [0.25, 0.3) is 10.9 Å². The van der Waals surface area contributed by atoms with Crippen molar-refractivity contribution in [2.75, 3.05) is 0 Å². The van der Waals surface area contributed by atoms with Crippen LogP contribution in [0.5, 0.6) is 0 Å². The molecule has 1 N–H and O–H groups in total. The molecule has 0 spiro atoms. The van der Waals surface area contributed by atoms with Crippen molar-refractivity contribution in [1.82, 2.24) is 9.97 Å². The van der Waals surface area contributed by atoms with E-state index < -0.39 is 5.82 Å². The highest BCUT2D eigenvalue weighted by atomic mass is 35.5. The van der Waals surface area contributed by atoms with Crippen LogP contribution < -0.4 is 0 Å². The van der Waals surface area contributed by atoms with E-state index in [4.69, 9.17) is 11.6 Å². The van der Waals surface area contributed by atoms with Crippen molar-refractivity contribution in [3.63, 3.8) is 0 Å². The Bertz CT molecular complexity index is 777. The summed E-state index contributed by atoms with van der Waals surface area (Å²) in [6, 6.07) is 6.17. The third kappa shape index (κ3) is 2.18. The standard InChI is InChI=1S/C15H10ClFN2O/c16-12-2-1-3-13(17)9(12)6-15(20)11-8-19-14-4-5-18-7-10(11)14/h1-5,7-8,19H,6H2. The number of ketones is 1. The second-order valence-corrected chi connectivity index (χ2v) is 4.83. The highest BCUT2D eigenvalue weighted by molar-refractivity contribution is 6.31. The summed E-state index contributed by atoms with van der Waals surface area (Å²) in [5, 5.41) is 0.987. The average Bonchev–Trinajstić information content (AvgIpc) is 2.87. The summed E-state index contributed by atoms with van der Waals surface area (Å²) in [6.45, 7) is 0. The number of H-pyrrole nitrogens is 1. The monoisotopic (exact) mass is 288 g/mol. The quantitative estimate of drug-likeness (QED) is 0.746. The van der Waals surface area contributed by atoms with E-state index in [1.165, 1.54) is 12.1 Å². The van der Waals surface area contributed by atoms with Crippen molar-refractivity contribution in [3.8, 4) is 0 Å². The number of nitrogens with one attached hydrogen (secondary N) is 1. The molecule has 0 saturated carbocycles. The van der Waals surface area contributed by atoms with E-state index in [-0.39, 0.29) is 22.8 Å². The summed E-state index contributed by atoms with van der Waals surface area (Å²) in [7, 11) is 0. The summed E-state index contributed by atoms with van der Waals surface area (Å²) in [4.78, 5) is 19.3. The largest absolute Gasteiger partial charge is 0.360 e. The second-order valence-electron chi connectivity index (χ2n) is 4.42. The summed E-state index contributed by atoms with van der Waals surface area (Å²) in [5.74, 6) is -0.667. The van der Waals surface area contributed by atoms with Crippen LogP contribution >= 0.6 is 11.6 Å². The number of rotatable bonds is 3. The van der Waals surface area contributed by atoms with Crippen LogP contribution in [0, 0.1) is 5.82 Å². The molecule has 3 rings (SSSR count). The van der Waals surface area contributed by atoms with Crippen LogP contribution in [0.3, 0.4) is 0 Å². The van der Waals surface area contributed by atoms with Gasteiger partial charge in [-0.15, -0.1) is 0 Å². The fraction of sp³-hybridized carbons (Fsp3) is 0.0667. The van der Waals surface area contributed by atoms with E-state index in [0.717, 1.165) is 10.9 Å². The average molecular weight is 289 g/mol. The third-order valence-corrected chi connectivity index (χ3v) is 3.54. The van der Waals surface area contributed by atoms with Crippen molar-refractivity contribution in [3.05, 3.63) is 64.8 Å². The van der Waals surface area contributed by atoms with Crippen molar-refractivity contribution in [1.29, 1.82) is 0 Å². The zero-order chi connectivity index (χ0) is 14.1. The minimum atomic E-state index is -0.469. The van der Waals surface area contributed by atoms with E-state index in [1.54, 1.807) is 30.7 Å². The summed E-state index contributed by atoms with van der Waals surface area (Å²) >= 11 is 5.94. The van der Waals surface area contributed by atoms with Gasteiger partial charge in [-0.1, -0.05) is 17.7 Å². The van der Waals surface area contributed by atoms with Gasteiger partial charge in [-0.3, -0.25) is 9.78 Å². The number of hydrogen-bond donors (Lipinski definition) is 1. The number of carbonyl (C=O) groups excluding carboxylic acids is 1. The molecular formula is C15H10ClFN2O. The molecule has 3 aromatic rings. The molecule has 2 heterocycles. The maximum Gasteiger partial charge on any atom is 0.169 e. The molecule has 0 amide bonds. The molecule has 20 heavy (non-hydrogen) atoms. The van der Waals surface area contributed by atoms with Gasteiger partial charge < -0.3 is 4.98 Å². The van der Waals surface area contributed by atoms with Crippen LogP contribution in [0.4, 0.5) is 4.39 Å². The first kappa shape index (κ1) is 12.8. The maximum atomic E-state index is 13.7. The van der Waals surface area contributed by atoms with Gasteiger partial charge in [-0.25, -0.2) is 4.39 Å². The van der Waals surface area contributed by atoms with Crippen LogP contribution in [0.1, 0.15) is 15.9 Å². The number of Topliss-reactive ketones (excluding diaryl/α,β-unsaturated/α-hetero) is 1. The molecule has 0 aliphatic carbocycles. The van der Waals surface area contributed by atoms with Gasteiger partial charge in [0.1, 0.15) is 5.82 Å². The molecule has 1 aromatic carbocycles. The number of aromatic nitrogens is 2. The van der Waals surface area contributed by atoms with Gasteiger partial charge in [0, 0.05) is 52.1 Å². The zero-order valence-corrected chi connectivity index (χ0v) is 11.1. The number of nitrogens with zero attached hydrogens (tertiary/aromatic N) is 1. The Morgan fingerprint density at radius 2 is 2.20 bits per heavy atom. The molecule has 0 aliphatic rings. The molecule has 100 valence electrons. The van der Waals surface area contributed by atoms with E-state index in [9.17, 15) is 9.18 Å². The number of fused-ring (bicyclic) bond motifs is 1. The molecular weight excluding hydrogens is 279 g/mol. The molecule has 0 bridgehead atoms. The maximum absolute atomic E-state index is 13.7. The lowest BCUT2D eigenvalue weighted by atomic mass is 10.0. The number of aromatic amines is 1. The number of hydrogen-bond acceptors (Lipinski definition) is 2. The molecule has 5 heteroatoms. The Labute approximate surface area is 119 Å². The van der Waals surface area contributed by atoms with Gasteiger partial charge in [0.25, 0.3) is 0 Å². The zero-order valence-electron chi connectivity index (χ0n) is 10.4. The minimum absolute atomic E-state index is 0.0760. The predicted molar refractivity (Wildman–Crippen MR) is 75.5 cm³/mol. The van der Waals surface area contributed by atoms with Gasteiger partial charge in [0.05, 0.1) is 0 Å². The predicted octanol–water partition coefficient (Wildman–Crippen LogP) is 3.78. The van der Waals surface area contributed by atoms with Gasteiger partial charge in [0.2, 0.25) is 0 Å². The molecule has 2 aromatic heterocycles. The normalized spacial score (nSPS) is 10.9. The third-order valence-electron chi connectivity index (χ3n) is 3.18. The molecule has 0 radical (unpaired) electrons. The lowest BCUT2D eigenvalue weighted by Gasteiger charge is -2.04. The Kier molecular flexibility index (Phi) is 3.24. The van der Waals surface area contributed by atoms with Crippen LogP contribution in [-0.2, 0) is 6.42 Å². The topological polar surface area (TPSA) is 45.8 Å². The van der Waals surface area contributed by atoms with E-state index in [2.05, 4.69) is 9.97 Å². The first-order valence-electron chi connectivity index (χ1n) is 6.04. The van der Waals surface area contributed by atoms with Crippen molar-refractivity contribution < 1.29 is 9.18 Å². The lowest BCUT2D eigenvalue weighted by molar-refractivity contribution is 0.0993. The van der Waals surface area contributed by atoms with Gasteiger partial charge in [-0.05, 0) is 18.2 Å². The van der Waals surface area contributed by atoms with Crippen LogP contribution in [0.2, 0.25) is 5.02 Å². The lowest BCUT2D eigenvalue weighted by Crippen LogP contribution is -2.05. The van der Waals surface area contributed by atoms with Gasteiger partial charge >= 0.3 is 0 Å². The molecule has 0 atom stereocenters. The number of carbonyl (C=O) groups is 1. The molecule has 0 unspecified atom stereocenters. The highest BCUT2D eigenvalue weighted by Crippen LogP contribution is 2.23. The summed E-state index contributed by atoms with van der Waals surface area (Å²) in [6.07, 6.45) is 4.79. The van der Waals surface area contributed by atoms with Crippen molar-refractivity contribution in [2.24, 2.45) is 0 Å². The van der Waals surface area contributed by atoms with E-state index in [0.29, 0.717) is 5.56 Å². The number of benzene rings is 1. The second kappa shape index (κ2) is 5.06. The van der Waals surface area contributed by atoms with Gasteiger partial charge in [-0.2, -0.15) is 0 Å². The smallest absolute Gasteiger partial charge is 0.169 e. The number of halogens is 2. The fourth-order valence-corrected chi connectivity index (χ4v) is 2.38. The van der Waals surface area contributed by atoms with E-state index in [1.807, 2.05) is 0 Å². The van der Waals surface area contributed by atoms with E-state index >= 15 is 0 Å². The molecule has 3 nitrogen and oxygen atoms in total. The molecule has 0 saturated heterocycles. The van der Waals surface area contributed by atoms with Crippen LogP contribution in [-0.4, -0.2) is 15.8 Å². The van der Waals surface area contributed by atoms with Crippen molar-refractivity contribution >= 4 is 28.3 Å². The summed E-state index contributed by atoms with van der Waals surface area (Å²) < 4.78 is 13.7. The minimum Gasteiger partial charge on any atom is -0.360 e. The first-order chi connectivity index (χ1) is 9.66. The molecule has 0 fully saturated rings. The SMILES string of the molecule is O=C(Cc1c(F)cccc1Cl)c1c[nH]c2ccncc12. The fourth-order valence-electron chi connectivity index (χ4n) is 2.15. The highest BCUT2D eigenvalue weighted by Gasteiger charge is 2.16. The first-order valence-corrected chi connectivity index (χ1v) is 6.42. The Balaban J connectivity index is 1.98. The Hall–Kier alpha value is -2.20. The number of pyridine rings is 1. The Morgan fingerprint density at radius 3 is 3.00 bits per heavy atom. The Morgan fingerprint density at radius 1 is 1.35 bits per heavy atom. The van der Waals surface area contributed by atoms with Crippen LogP contribution in [0.15, 0.2) is 42.9 Å².